The van der Waals surface area contributed by atoms with Crippen molar-refractivity contribution in [1.29, 1.82) is 5.26 Å². The maximum Gasteiger partial charge on any atom is 0.0793 e. The van der Waals surface area contributed by atoms with Gasteiger partial charge in [-0.25, -0.2) is 4.68 Å². The van der Waals surface area contributed by atoms with Crippen molar-refractivity contribution in [3.63, 3.8) is 0 Å². The average molecular weight is 251 g/mol. The number of nitriles is 1. The van der Waals surface area contributed by atoms with Crippen molar-refractivity contribution < 1.29 is 0 Å². The lowest BCUT2D eigenvalue weighted by molar-refractivity contribution is 0.789. The van der Waals surface area contributed by atoms with E-state index in [9.17, 15) is 0 Å². The Morgan fingerprint density at radius 3 is 2.79 bits per heavy atom. The minimum Gasteiger partial charge on any atom is -0.237 e. The number of hydrogen-bond acceptors (Lipinski definition) is 2. The van der Waals surface area contributed by atoms with E-state index in [1.165, 1.54) is 29.7 Å². The smallest absolute Gasteiger partial charge is 0.0793 e. The number of rotatable bonds is 3. The van der Waals surface area contributed by atoms with Gasteiger partial charge in [0, 0.05) is 11.6 Å². The number of aryl methyl sites for hydroxylation is 2. The van der Waals surface area contributed by atoms with Crippen LogP contribution in [-0.2, 0) is 6.42 Å². The molecule has 3 heteroatoms. The highest BCUT2D eigenvalue weighted by Gasteiger charge is 2.28. The van der Waals surface area contributed by atoms with Crippen molar-refractivity contribution in [3.8, 4) is 11.8 Å². The lowest BCUT2D eigenvalue weighted by atomic mass is 10.1. The summed E-state index contributed by atoms with van der Waals surface area (Å²) in [6, 6.07) is 10.7. The lowest BCUT2D eigenvalue weighted by Crippen LogP contribution is -2.04. The molecule has 1 aromatic carbocycles. The van der Waals surface area contributed by atoms with Gasteiger partial charge in [0.05, 0.1) is 23.9 Å². The molecule has 0 N–H and O–H groups in total. The first-order valence-corrected chi connectivity index (χ1v) is 6.72. The molecule has 1 saturated carbocycles. The monoisotopic (exact) mass is 251 g/mol. The number of benzene rings is 1. The summed E-state index contributed by atoms with van der Waals surface area (Å²) >= 11 is 0. The molecule has 0 radical (unpaired) electrons. The lowest BCUT2D eigenvalue weighted by Gasteiger charge is -2.10. The SMILES string of the molecule is Cc1ccc(C)c(-n2nc(CC#N)cc2C2CC2)c1. The first kappa shape index (κ1) is 12.0. The summed E-state index contributed by atoms with van der Waals surface area (Å²) in [6.07, 6.45) is 2.86. The third kappa shape index (κ3) is 2.26. The summed E-state index contributed by atoms with van der Waals surface area (Å²) in [5, 5.41) is 13.5. The summed E-state index contributed by atoms with van der Waals surface area (Å²) in [4.78, 5) is 0. The second kappa shape index (κ2) is 4.55. The second-order valence-electron chi connectivity index (χ2n) is 5.37. The molecule has 0 aliphatic heterocycles. The van der Waals surface area contributed by atoms with E-state index in [0.717, 1.165) is 11.4 Å². The maximum absolute atomic E-state index is 8.84. The van der Waals surface area contributed by atoms with E-state index in [-0.39, 0.29) is 0 Å². The van der Waals surface area contributed by atoms with Crippen LogP contribution < -0.4 is 0 Å². The molecular weight excluding hydrogens is 234 g/mol. The fourth-order valence-corrected chi connectivity index (χ4v) is 2.42. The van der Waals surface area contributed by atoms with Crippen LogP contribution in [0.5, 0.6) is 0 Å². The molecule has 0 atom stereocenters. The topological polar surface area (TPSA) is 41.6 Å². The predicted octanol–water partition coefficient (Wildman–Crippen LogP) is 3.43. The number of hydrogen-bond donors (Lipinski definition) is 0. The van der Waals surface area contributed by atoms with Crippen LogP contribution in [0.15, 0.2) is 24.3 Å². The van der Waals surface area contributed by atoms with Crippen LogP contribution in [0, 0.1) is 25.2 Å². The Labute approximate surface area is 113 Å². The zero-order chi connectivity index (χ0) is 13.4. The van der Waals surface area contributed by atoms with Gasteiger partial charge in [0.1, 0.15) is 0 Å². The fourth-order valence-electron chi connectivity index (χ4n) is 2.42. The van der Waals surface area contributed by atoms with Gasteiger partial charge >= 0.3 is 0 Å². The number of aromatic nitrogens is 2. The minimum atomic E-state index is 0.386. The van der Waals surface area contributed by atoms with Crippen molar-refractivity contribution in [1.82, 2.24) is 9.78 Å². The van der Waals surface area contributed by atoms with E-state index < -0.39 is 0 Å². The van der Waals surface area contributed by atoms with E-state index in [1.54, 1.807) is 0 Å². The van der Waals surface area contributed by atoms with E-state index in [0.29, 0.717) is 12.3 Å². The quantitative estimate of drug-likeness (QED) is 0.838. The summed E-state index contributed by atoms with van der Waals surface area (Å²) in [5.74, 6) is 0.625. The van der Waals surface area contributed by atoms with Gasteiger partial charge in [-0.2, -0.15) is 10.4 Å². The standard InChI is InChI=1S/C16H17N3/c1-11-3-4-12(2)15(9-11)19-16(13-5-6-13)10-14(18-19)7-8-17/h3-4,9-10,13H,5-7H2,1-2H3. The fraction of sp³-hybridized carbons (Fsp3) is 0.375. The van der Waals surface area contributed by atoms with Crippen LogP contribution in [0.4, 0.5) is 0 Å². The van der Waals surface area contributed by atoms with Gasteiger partial charge in [0.2, 0.25) is 0 Å². The molecule has 2 aromatic rings. The molecule has 19 heavy (non-hydrogen) atoms. The summed E-state index contributed by atoms with van der Waals surface area (Å²) in [7, 11) is 0. The van der Waals surface area contributed by atoms with Crippen molar-refractivity contribution in [2.45, 2.75) is 39.0 Å². The van der Waals surface area contributed by atoms with Gasteiger partial charge in [-0.05, 0) is 49.9 Å². The van der Waals surface area contributed by atoms with Crippen LogP contribution in [0.3, 0.4) is 0 Å². The molecule has 0 bridgehead atoms. The Morgan fingerprint density at radius 2 is 2.11 bits per heavy atom. The molecule has 0 unspecified atom stereocenters. The van der Waals surface area contributed by atoms with Crippen LogP contribution in [-0.4, -0.2) is 9.78 Å². The molecule has 0 amide bonds. The molecule has 1 aliphatic carbocycles. The van der Waals surface area contributed by atoms with Gasteiger partial charge in [0.25, 0.3) is 0 Å². The first-order chi connectivity index (χ1) is 9.19. The molecule has 3 rings (SSSR count). The van der Waals surface area contributed by atoms with E-state index in [2.05, 4.69) is 49.3 Å². The van der Waals surface area contributed by atoms with Crippen molar-refractivity contribution in [2.24, 2.45) is 0 Å². The van der Waals surface area contributed by atoms with E-state index in [4.69, 9.17) is 5.26 Å². The predicted molar refractivity (Wildman–Crippen MR) is 74.3 cm³/mol. The number of nitrogens with zero attached hydrogens (tertiary/aromatic N) is 3. The van der Waals surface area contributed by atoms with Gasteiger partial charge in [-0.1, -0.05) is 12.1 Å². The van der Waals surface area contributed by atoms with Crippen LogP contribution in [0.25, 0.3) is 5.69 Å². The zero-order valence-electron chi connectivity index (χ0n) is 11.3. The molecule has 1 aliphatic rings. The molecule has 96 valence electrons. The molecule has 3 nitrogen and oxygen atoms in total. The molecule has 1 fully saturated rings. The maximum atomic E-state index is 8.84. The Balaban J connectivity index is 2.12. The molecule has 0 saturated heterocycles. The largest absolute Gasteiger partial charge is 0.237 e. The van der Waals surface area contributed by atoms with Crippen LogP contribution in [0.1, 0.15) is 41.3 Å². The third-order valence-electron chi connectivity index (χ3n) is 3.64. The van der Waals surface area contributed by atoms with Gasteiger partial charge in [-0.3, -0.25) is 0 Å². The van der Waals surface area contributed by atoms with Gasteiger partial charge in [0.15, 0.2) is 0 Å². The highest BCUT2D eigenvalue weighted by molar-refractivity contribution is 5.45. The Hall–Kier alpha value is -2.08. The van der Waals surface area contributed by atoms with Crippen LogP contribution >= 0.6 is 0 Å². The third-order valence-corrected chi connectivity index (χ3v) is 3.64. The zero-order valence-corrected chi connectivity index (χ0v) is 11.3. The van der Waals surface area contributed by atoms with E-state index >= 15 is 0 Å². The highest BCUT2D eigenvalue weighted by atomic mass is 15.3. The average Bonchev–Trinajstić information content (AvgIpc) is 3.15. The van der Waals surface area contributed by atoms with Crippen LogP contribution in [0.2, 0.25) is 0 Å². The van der Waals surface area contributed by atoms with Gasteiger partial charge in [-0.15, -0.1) is 0 Å². The first-order valence-electron chi connectivity index (χ1n) is 6.72. The van der Waals surface area contributed by atoms with Crippen molar-refractivity contribution in [3.05, 3.63) is 46.8 Å². The second-order valence-corrected chi connectivity index (χ2v) is 5.37. The summed E-state index contributed by atoms with van der Waals surface area (Å²) in [6.45, 7) is 4.20. The Kier molecular flexibility index (Phi) is 2.87. The van der Waals surface area contributed by atoms with Gasteiger partial charge < -0.3 is 0 Å². The highest BCUT2D eigenvalue weighted by Crippen LogP contribution is 2.41. The molecule has 1 heterocycles. The Morgan fingerprint density at radius 1 is 1.32 bits per heavy atom. The van der Waals surface area contributed by atoms with Crippen molar-refractivity contribution >= 4 is 0 Å². The summed E-state index contributed by atoms with van der Waals surface area (Å²) in [5.41, 5.74) is 5.74. The molecule has 1 aromatic heterocycles. The van der Waals surface area contributed by atoms with E-state index in [1.807, 2.05) is 4.68 Å². The van der Waals surface area contributed by atoms with Crippen molar-refractivity contribution in [2.75, 3.05) is 0 Å². The molecule has 0 spiro atoms. The summed E-state index contributed by atoms with van der Waals surface area (Å²) < 4.78 is 2.05. The minimum absolute atomic E-state index is 0.386. The molecular formula is C16H17N3. The normalized spacial score (nSPS) is 14.4. The Bertz CT molecular complexity index is 657.